The fraction of sp³-hybridized carbons (Fsp3) is 0.882. The molecule has 0 fully saturated rings. The second kappa shape index (κ2) is 12.9. The molecule has 0 aromatic rings. The maximum atomic E-state index is 14.9. The van der Waals surface area contributed by atoms with E-state index in [9.17, 15) is 8.78 Å². The third kappa shape index (κ3) is 7.96. The zero-order valence-corrected chi connectivity index (χ0v) is 17.0. The molecule has 0 aliphatic rings. The first kappa shape index (κ1) is 21.4. The number of hydrogen-bond donors (Lipinski definition) is 1. The van der Waals surface area contributed by atoms with Crippen molar-refractivity contribution in [2.75, 3.05) is 6.61 Å². The quantitative estimate of drug-likeness (QED) is 0.353. The normalized spacial score (nSPS) is 13.4. The van der Waals surface area contributed by atoms with Gasteiger partial charge in [0.05, 0.1) is 0 Å². The molecule has 1 nitrogen and oxygen atoms in total. The Bertz CT molecular complexity index is 271. The van der Waals surface area contributed by atoms with E-state index in [0.717, 1.165) is 51.8 Å². The fourth-order valence-corrected chi connectivity index (χ4v) is 17.7. The van der Waals surface area contributed by atoms with Crippen molar-refractivity contribution in [2.45, 2.75) is 85.4 Å². The van der Waals surface area contributed by atoms with E-state index in [1.165, 1.54) is 0 Å². The van der Waals surface area contributed by atoms with Gasteiger partial charge >= 0.3 is 134 Å². The Morgan fingerprint density at radius 2 is 1.24 bits per heavy atom. The van der Waals surface area contributed by atoms with Crippen molar-refractivity contribution >= 4 is 18.4 Å². The first-order valence-corrected chi connectivity index (χ1v) is 16.2. The number of aliphatic hydroxyl groups is 1. The zero-order valence-electron chi connectivity index (χ0n) is 14.2. The van der Waals surface area contributed by atoms with Gasteiger partial charge in [-0.3, -0.25) is 0 Å². The third-order valence-electron chi connectivity index (χ3n) is 4.28. The van der Waals surface area contributed by atoms with Gasteiger partial charge < -0.3 is 0 Å². The van der Waals surface area contributed by atoms with Crippen molar-refractivity contribution in [1.82, 2.24) is 0 Å². The summed E-state index contributed by atoms with van der Waals surface area (Å²) in [5, 5.41) is 8.83. The van der Waals surface area contributed by atoms with Crippen LogP contribution in [0.5, 0.6) is 0 Å². The van der Waals surface area contributed by atoms with Gasteiger partial charge in [0.15, 0.2) is 0 Å². The number of unbranched alkanes of at least 4 members (excludes halogenated alkanes) is 3. The molecule has 1 N–H and O–H groups in total. The molecule has 0 heterocycles. The van der Waals surface area contributed by atoms with Gasteiger partial charge in [-0.25, -0.2) is 0 Å². The van der Waals surface area contributed by atoms with Crippen LogP contribution >= 0.6 is 0 Å². The Hall–Kier alpha value is 0.359. The topological polar surface area (TPSA) is 20.2 Å². The van der Waals surface area contributed by atoms with Gasteiger partial charge in [-0.15, -0.1) is 0 Å². The molecule has 126 valence electrons. The molecule has 0 aliphatic heterocycles. The molecule has 0 bridgehead atoms. The summed E-state index contributed by atoms with van der Waals surface area (Å²) in [7, 11) is 0. The summed E-state index contributed by atoms with van der Waals surface area (Å²) in [4.78, 5) is 0. The van der Waals surface area contributed by atoms with Gasteiger partial charge in [0, 0.05) is 0 Å². The average molecular weight is 411 g/mol. The molecular weight excluding hydrogens is 377 g/mol. The SMILES string of the molecule is CCC[CH2][Sn]([CH2]CCC)([CH2]CCC)/[C](F)=C(\F)CCCO. The summed E-state index contributed by atoms with van der Waals surface area (Å²) >= 11 is -3.19. The number of rotatable bonds is 13. The van der Waals surface area contributed by atoms with Gasteiger partial charge in [-0.05, 0) is 0 Å². The Kier molecular flexibility index (Phi) is 13.1. The van der Waals surface area contributed by atoms with E-state index >= 15 is 0 Å². The monoisotopic (exact) mass is 412 g/mol. The van der Waals surface area contributed by atoms with Crippen LogP contribution in [0, 0.1) is 0 Å². The summed E-state index contributed by atoms with van der Waals surface area (Å²) in [5.74, 6) is -0.539. The van der Waals surface area contributed by atoms with Gasteiger partial charge in [0.2, 0.25) is 0 Å². The summed E-state index contributed by atoms with van der Waals surface area (Å²) in [6, 6.07) is 0. The van der Waals surface area contributed by atoms with Crippen molar-refractivity contribution < 1.29 is 13.9 Å². The van der Waals surface area contributed by atoms with E-state index in [-0.39, 0.29) is 16.9 Å². The molecule has 21 heavy (non-hydrogen) atoms. The Morgan fingerprint density at radius 3 is 1.57 bits per heavy atom. The summed E-state index contributed by atoms with van der Waals surface area (Å²) in [6.07, 6.45) is 6.67. The van der Waals surface area contributed by atoms with E-state index in [0.29, 0.717) is 6.42 Å². The van der Waals surface area contributed by atoms with Crippen molar-refractivity contribution in [1.29, 1.82) is 0 Å². The molecule has 0 aliphatic carbocycles. The van der Waals surface area contributed by atoms with E-state index < -0.39 is 24.2 Å². The van der Waals surface area contributed by atoms with Crippen molar-refractivity contribution in [3.05, 3.63) is 9.67 Å². The molecule has 0 aromatic carbocycles. The molecule has 0 unspecified atom stereocenters. The first-order valence-electron chi connectivity index (χ1n) is 8.73. The number of halogens is 2. The van der Waals surface area contributed by atoms with Crippen molar-refractivity contribution in [2.24, 2.45) is 0 Å². The molecule has 0 aromatic heterocycles. The van der Waals surface area contributed by atoms with Crippen molar-refractivity contribution in [3.8, 4) is 0 Å². The number of allylic oxidation sites excluding steroid dienone is 1. The predicted molar refractivity (Wildman–Crippen MR) is 90.5 cm³/mol. The van der Waals surface area contributed by atoms with Crippen LogP contribution in [0.3, 0.4) is 0 Å². The first-order chi connectivity index (χ1) is 10.1. The second-order valence-electron chi connectivity index (χ2n) is 6.14. The van der Waals surface area contributed by atoms with Crippen LogP contribution in [-0.4, -0.2) is 30.1 Å². The zero-order chi connectivity index (χ0) is 16.1. The van der Waals surface area contributed by atoms with Gasteiger partial charge in [0.25, 0.3) is 0 Å². The van der Waals surface area contributed by atoms with Crippen LogP contribution in [0.15, 0.2) is 9.67 Å². The molecular formula is C17H34F2OSn. The summed E-state index contributed by atoms with van der Waals surface area (Å²) in [6.45, 7) is 6.31. The van der Waals surface area contributed by atoms with Gasteiger partial charge in [-0.2, -0.15) is 0 Å². The molecule has 0 amide bonds. The van der Waals surface area contributed by atoms with Gasteiger partial charge in [0.1, 0.15) is 0 Å². The molecule has 0 rings (SSSR count). The second-order valence-corrected chi connectivity index (χ2v) is 19.0. The minimum absolute atomic E-state index is 0.0674. The number of aliphatic hydroxyl groups excluding tert-OH is 1. The molecule has 0 saturated heterocycles. The molecule has 0 spiro atoms. The minimum atomic E-state index is -3.19. The standard InChI is InChI=1S/C5H7F2O.3C4H9.Sn/c6-4-5(7)2-1-3-8;3*1-3-4-2;/h8H,1-3H2;3*1,3-4H2,2H3;. The van der Waals surface area contributed by atoms with Crippen LogP contribution < -0.4 is 0 Å². The number of hydrogen-bond acceptors (Lipinski definition) is 1. The van der Waals surface area contributed by atoms with Crippen molar-refractivity contribution in [3.63, 3.8) is 0 Å². The average Bonchev–Trinajstić information content (AvgIpc) is 2.51. The molecule has 4 heteroatoms. The van der Waals surface area contributed by atoms with E-state index in [4.69, 9.17) is 5.11 Å². The van der Waals surface area contributed by atoms with Gasteiger partial charge in [-0.1, -0.05) is 0 Å². The molecule has 0 radical (unpaired) electrons. The van der Waals surface area contributed by atoms with Crippen LogP contribution in [-0.2, 0) is 0 Å². The fourth-order valence-electron chi connectivity index (χ4n) is 2.88. The Morgan fingerprint density at radius 1 is 0.810 bits per heavy atom. The third-order valence-corrected chi connectivity index (χ3v) is 18.9. The van der Waals surface area contributed by atoms with E-state index in [1.807, 2.05) is 0 Å². The maximum absolute atomic E-state index is 14.9. The van der Waals surface area contributed by atoms with Crippen LogP contribution in [0.2, 0.25) is 13.3 Å². The van der Waals surface area contributed by atoms with E-state index in [2.05, 4.69) is 20.8 Å². The summed E-state index contributed by atoms with van der Waals surface area (Å²) < 4.78 is 31.7. The van der Waals surface area contributed by atoms with Crippen LogP contribution in [0.25, 0.3) is 0 Å². The Labute approximate surface area is 134 Å². The van der Waals surface area contributed by atoms with E-state index in [1.54, 1.807) is 0 Å². The molecule has 0 saturated carbocycles. The molecule has 0 atom stereocenters. The van der Waals surface area contributed by atoms with Crippen LogP contribution in [0.1, 0.15) is 72.1 Å². The Balaban J connectivity index is 5.25. The summed E-state index contributed by atoms with van der Waals surface area (Å²) in [5.41, 5.74) is 0. The predicted octanol–water partition coefficient (Wildman–Crippen LogP) is 6.30. The van der Waals surface area contributed by atoms with Crippen LogP contribution in [0.4, 0.5) is 8.78 Å².